The quantitative estimate of drug-likeness (QED) is 0.633. The second kappa shape index (κ2) is 4.47. The molecule has 0 aliphatic rings. The van der Waals surface area contributed by atoms with Crippen LogP contribution in [0.3, 0.4) is 0 Å². The van der Waals surface area contributed by atoms with Crippen LogP contribution in [0.1, 0.15) is 0 Å². The van der Waals surface area contributed by atoms with Crippen molar-refractivity contribution < 1.29 is 22.8 Å². The van der Waals surface area contributed by atoms with Crippen LogP contribution in [-0.2, 0) is 0 Å². The maximum absolute atomic E-state index is 12.7. The average Bonchev–Trinajstić information content (AvgIpc) is 2.08. The molecule has 1 aromatic carbocycles. The van der Waals surface area contributed by atoms with Gasteiger partial charge in [0.25, 0.3) is 0 Å². The second-order valence-corrected chi connectivity index (χ2v) is 3.23. The van der Waals surface area contributed by atoms with Crippen LogP contribution in [0, 0.1) is 15.9 Å². The Bertz CT molecular complexity index is 399. The van der Waals surface area contributed by atoms with Gasteiger partial charge in [0.05, 0.1) is 15.5 Å². The number of ether oxygens (including phenoxy) is 1. The Kier molecular flexibility index (Phi) is 3.51. The molecule has 4 nitrogen and oxygen atoms in total. The molecular formula is C7H3BrF3NO3. The molecule has 0 atom stereocenters. The predicted octanol–water partition coefficient (Wildman–Crippen LogP) is 3.10. The van der Waals surface area contributed by atoms with E-state index in [0.29, 0.717) is 6.07 Å². The molecule has 0 bridgehead atoms. The molecular weight excluding hydrogens is 283 g/mol. The van der Waals surface area contributed by atoms with Crippen LogP contribution in [0.25, 0.3) is 0 Å². The van der Waals surface area contributed by atoms with Crippen molar-refractivity contribution in [3.8, 4) is 5.75 Å². The van der Waals surface area contributed by atoms with Gasteiger partial charge < -0.3 is 4.74 Å². The number of rotatable bonds is 3. The minimum absolute atomic E-state index is 0.241. The van der Waals surface area contributed by atoms with Crippen molar-refractivity contribution >= 4 is 21.6 Å². The van der Waals surface area contributed by atoms with E-state index in [1.54, 1.807) is 0 Å². The molecule has 0 unspecified atom stereocenters. The minimum Gasteiger partial charge on any atom is -0.426 e. The largest absolute Gasteiger partial charge is 0.426 e. The van der Waals surface area contributed by atoms with E-state index < -0.39 is 28.8 Å². The molecule has 82 valence electrons. The average molecular weight is 286 g/mol. The van der Waals surface area contributed by atoms with Gasteiger partial charge in [0.2, 0.25) is 5.75 Å². The van der Waals surface area contributed by atoms with Crippen molar-refractivity contribution in [2.45, 2.75) is 6.61 Å². The highest BCUT2D eigenvalue weighted by atomic mass is 79.9. The standard InChI is InChI=1S/C7H3BrF3NO3/c8-4-1-3(9)2-5(12(13)14)6(4)15-7(10)11/h1-2,7H. The fourth-order valence-corrected chi connectivity index (χ4v) is 1.40. The number of halogens is 4. The summed E-state index contributed by atoms with van der Waals surface area (Å²) in [6, 6.07) is 1.30. The van der Waals surface area contributed by atoms with Gasteiger partial charge in [-0.3, -0.25) is 10.1 Å². The van der Waals surface area contributed by atoms with Gasteiger partial charge in [0.15, 0.2) is 0 Å². The van der Waals surface area contributed by atoms with Crippen molar-refractivity contribution in [3.05, 3.63) is 32.5 Å². The summed E-state index contributed by atoms with van der Waals surface area (Å²) in [5.41, 5.74) is -0.859. The summed E-state index contributed by atoms with van der Waals surface area (Å²) >= 11 is 2.69. The van der Waals surface area contributed by atoms with Crippen LogP contribution in [0.15, 0.2) is 16.6 Å². The zero-order valence-electron chi connectivity index (χ0n) is 6.92. The molecule has 0 saturated carbocycles. The van der Waals surface area contributed by atoms with Gasteiger partial charge in [-0.1, -0.05) is 0 Å². The Morgan fingerprint density at radius 3 is 2.53 bits per heavy atom. The molecule has 0 fully saturated rings. The molecule has 8 heteroatoms. The molecule has 0 amide bonds. The fourth-order valence-electron chi connectivity index (χ4n) is 0.888. The lowest BCUT2D eigenvalue weighted by atomic mass is 10.3. The molecule has 0 aromatic heterocycles. The summed E-state index contributed by atoms with van der Waals surface area (Å²) < 4.78 is 40.2. The zero-order chi connectivity index (χ0) is 11.6. The Hall–Kier alpha value is -1.31. The lowest BCUT2D eigenvalue weighted by Crippen LogP contribution is -2.05. The van der Waals surface area contributed by atoms with Crippen LogP contribution in [0.5, 0.6) is 5.75 Å². The molecule has 1 rings (SSSR count). The van der Waals surface area contributed by atoms with E-state index >= 15 is 0 Å². The van der Waals surface area contributed by atoms with Crippen LogP contribution in [0.2, 0.25) is 0 Å². The maximum Gasteiger partial charge on any atom is 0.387 e. The summed E-state index contributed by atoms with van der Waals surface area (Å²) in [5, 5.41) is 10.4. The lowest BCUT2D eigenvalue weighted by Gasteiger charge is -2.06. The molecule has 0 spiro atoms. The van der Waals surface area contributed by atoms with E-state index in [0.717, 1.165) is 6.07 Å². The highest BCUT2D eigenvalue weighted by Crippen LogP contribution is 2.36. The van der Waals surface area contributed by atoms with Crippen molar-refractivity contribution in [2.75, 3.05) is 0 Å². The van der Waals surface area contributed by atoms with Gasteiger partial charge in [-0.15, -0.1) is 0 Å². The number of nitro groups is 1. The smallest absolute Gasteiger partial charge is 0.387 e. The number of nitrogens with zero attached hydrogens (tertiary/aromatic N) is 1. The number of alkyl halides is 2. The van der Waals surface area contributed by atoms with Crippen LogP contribution < -0.4 is 4.74 Å². The first kappa shape index (κ1) is 11.8. The fraction of sp³-hybridized carbons (Fsp3) is 0.143. The topological polar surface area (TPSA) is 52.4 Å². The van der Waals surface area contributed by atoms with Crippen molar-refractivity contribution in [3.63, 3.8) is 0 Å². The van der Waals surface area contributed by atoms with Crippen molar-refractivity contribution in [1.82, 2.24) is 0 Å². The third-order valence-corrected chi connectivity index (χ3v) is 1.98. The minimum atomic E-state index is -3.22. The van der Waals surface area contributed by atoms with E-state index in [2.05, 4.69) is 20.7 Å². The number of benzene rings is 1. The molecule has 1 aromatic rings. The first-order valence-corrected chi connectivity index (χ1v) is 4.29. The van der Waals surface area contributed by atoms with Crippen LogP contribution in [-0.4, -0.2) is 11.5 Å². The monoisotopic (exact) mass is 285 g/mol. The van der Waals surface area contributed by atoms with Gasteiger partial charge in [-0.2, -0.15) is 8.78 Å². The van der Waals surface area contributed by atoms with Crippen LogP contribution >= 0.6 is 15.9 Å². The van der Waals surface area contributed by atoms with Gasteiger partial charge in [-0.05, 0) is 22.0 Å². The number of hydrogen-bond acceptors (Lipinski definition) is 3. The molecule has 0 heterocycles. The van der Waals surface area contributed by atoms with Gasteiger partial charge in [-0.25, -0.2) is 4.39 Å². The van der Waals surface area contributed by atoms with Gasteiger partial charge in [0.1, 0.15) is 5.82 Å². The number of nitro benzene ring substituents is 1. The number of hydrogen-bond donors (Lipinski definition) is 0. The highest BCUT2D eigenvalue weighted by molar-refractivity contribution is 9.10. The third kappa shape index (κ3) is 2.82. The Morgan fingerprint density at radius 1 is 1.47 bits per heavy atom. The van der Waals surface area contributed by atoms with Gasteiger partial charge in [0, 0.05) is 0 Å². The van der Waals surface area contributed by atoms with Gasteiger partial charge >= 0.3 is 12.3 Å². The summed E-state index contributed by atoms with van der Waals surface area (Å²) in [7, 11) is 0. The van der Waals surface area contributed by atoms with E-state index in [9.17, 15) is 23.3 Å². The molecule has 0 N–H and O–H groups in total. The molecule has 0 aliphatic heterocycles. The first-order chi connectivity index (χ1) is 6.91. The maximum atomic E-state index is 12.7. The van der Waals surface area contributed by atoms with E-state index in [1.807, 2.05) is 0 Å². The zero-order valence-corrected chi connectivity index (χ0v) is 8.50. The summed E-state index contributed by atoms with van der Waals surface area (Å²) in [6.45, 7) is -3.22. The molecule has 15 heavy (non-hydrogen) atoms. The first-order valence-electron chi connectivity index (χ1n) is 3.50. The van der Waals surface area contributed by atoms with E-state index in [4.69, 9.17) is 0 Å². The van der Waals surface area contributed by atoms with Crippen LogP contribution in [0.4, 0.5) is 18.9 Å². The second-order valence-electron chi connectivity index (χ2n) is 2.37. The van der Waals surface area contributed by atoms with Crippen molar-refractivity contribution in [2.24, 2.45) is 0 Å². The molecule has 0 aliphatic carbocycles. The van der Waals surface area contributed by atoms with E-state index in [1.165, 1.54) is 0 Å². The molecule has 0 radical (unpaired) electrons. The Morgan fingerprint density at radius 2 is 2.07 bits per heavy atom. The predicted molar refractivity (Wildman–Crippen MR) is 47.4 cm³/mol. The summed E-state index contributed by atoms with van der Waals surface area (Å²) in [5.74, 6) is -1.62. The highest BCUT2D eigenvalue weighted by Gasteiger charge is 2.23. The van der Waals surface area contributed by atoms with Crippen molar-refractivity contribution in [1.29, 1.82) is 0 Å². The lowest BCUT2D eigenvalue weighted by molar-refractivity contribution is -0.386. The normalized spacial score (nSPS) is 10.5. The summed E-state index contributed by atoms with van der Waals surface area (Å²) in [4.78, 5) is 9.39. The summed E-state index contributed by atoms with van der Waals surface area (Å²) in [6.07, 6.45) is 0. The SMILES string of the molecule is O=[N+]([O-])c1cc(F)cc(Br)c1OC(F)F. The third-order valence-electron chi connectivity index (χ3n) is 1.39. The van der Waals surface area contributed by atoms with E-state index in [-0.39, 0.29) is 4.47 Å². The molecule has 0 saturated heterocycles. The Labute approximate surface area is 89.9 Å². The Balaban J connectivity index is 3.27.